The number of ether oxygens (including phenoxy) is 1. The Morgan fingerprint density at radius 2 is 1.64 bits per heavy atom. The quantitative estimate of drug-likeness (QED) is 0.0144. The monoisotopic (exact) mass is 1280 g/mol. The van der Waals surface area contributed by atoms with Gasteiger partial charge in [-0.05, 0) is 215 Å². The van der Waals surface area contributed by atoms with Crippen LogP contribution in [-0.2, 0) is 32.3 Å². The van der Waals surface area contributed by atoms with E-state index in [2.05, 4.69) is 83.2 Å². The number of H-pyrrole nitrogens is 1. The first kappa shape index (κ1) is 65.5. The predicted molar refractivity (Wildman–Crippen MR) is 368 cm³/mol. The molecular formula is C76H108N6O7S2. The zero-order chi connectivity index (χ0) is 62.9. The van der Waals surface area contributed by atoms with E-state index in [1.165, 1.54) is 100 Å². The molecule has 12 N–H and O–H groups in total. The minimum Gasteiger partial charge on any atom is -0.504 e. The van der Waals surface area contributed by atoms with Crippen LogP contribution >= 0.6 is 21.6 Å². The summed E-state index contributed by atoms with van der Waals surface area (Å²) < 4.78 is 13.0. The molecule has 13 nitrogen and oxygen atoms in total. The number of nitrogens with one attached hydrogen (secondary N) is 3. The molecular weight excluding hydrogens is 1170 g/mol. The molecule has 11 aliphatic rings. The number of nitrogens with two attached hydrogens (primary N) is 2. The number of aryl methyl sites for hydroxylation is 4. The number of aromatic amines is 1. The Labute approximate surface area is 550 Å². The molecule has 0 radical (unpaired) electrons. The number of benzene rings is 2. The molecule has 2 aliphatic heterocycles. The lowest BCUT2D eigenvalue weighted by Gasteiger charge is -2.56. The van der Waals surface area contributed by atoms with Crippen LogP contribution in [-0.4, -0.2) is 98.0 Å². The topological polar surface area (TPSA) is 228 Å². The summed E-state index contributed by atoms with van der Waals surface area (Å²) in [4.78, 5) is 9.17. The van der Waals surface area contributed by atoms with Crippen molar-refractivity contribution in [2.75, 3.05) is 31.3 Å². The van der Waals surface area contributed by atoms with Gasteiger partial charge in [0.15, 0.2) is 17.5 Å². The summed E-state index contributed by atoms with van der Waals surface area (Å²) in [6.07, 6.45) is 35.0. The van der Waals surface area contributed by atoms with Crippen molar-refractivity contribution in [3.63, 3.8) is 0 Å². The van der Waals surface area contributed by atoms with Crippen molar-refractivity contribution in [3.8, 4) is 11.5 Å². The van der Waals surface area contributed by atoms with Crippen LogP contribution in [0.25, 0.3) is 0 Å². The van der Waals surface area contributed by atoms with Crippen LogP contribution in [0, 0.1) is 63.6 Å². The molecule has 7 bridgehead atoms. The first-order valence-corrected chi connectivity index (χ1v) is 38.4. The van der Waals surface area contributed by atoms with E-state index in [1.807, 2.05) is 46.7 Å². The number of guanidine groups is 1. The largest absolute Gasteiger partial charge is 0.504 e. The Bertz CT molecular complexity index is 3160. The van der Waals surface area contributed by atoms with Crippen molar-refractivity contribution in [3.05, 3.63) is 130 Å². The Morgan fingerprint density at radius 3 is 2.46 bits per heavy atom. The minimum atomic E-state index is -0.968. The number of phenols is 1. The number of allylic oxidation sites excluding steroid dienone is 4. The zero-order valence-electron chi connectivity index (χ0n) is 54.5. The average molecular weight is 1280 g/mol. The molecule has 15 heteroatoms. The van der Waals surface area contributed by atoms with Crippen molar-refractivity contribution >= 4 is 27.5 Å². The van der Waals surface area contributed by atoms with E-state index in [0.717, 1.165) is 91.2 Å². The lowest BCUT2D eigenvalue weighted by atomic mass is 9.50. The molecule has 496 valence electrons. The fraction of sp³-hybridized carbons (Fsp3) is 0.671. The molecule has 6 fully saturated rings. The summed E-state index contributed by atoms with van der Waals surface area (Å²) in [5.74, 6) is 9.34. The zero-order valence-corrected chi connectivity index (χ0v) is 56.1. The number of hydrogen-bond acceptors (Lipinski definition) is 12. The van der Waals surface area contributed by atoms with Crippen LogP contribution in [0.15, 0.2) is 94.4 Å². The highest BCUT2D eigenvalue weighted by Crippen LogP contribution is 2.73. The molecule has 18 atom stereocenters. The van der Waals surface area contributed by atoms with Crippen LogP contribution in [0.2, 0.25) is 0 Å². The standard InChI is InChI=1S/C76H108N6O7S2/c1-47(85)42-79-63(15-10-34-83)71-58-41-64(81-72(58)59-27-33-76(71)30-9-16-70(76)75(59)28-6-7-29-75)67(87)44-88-69-37-51(20-23-66(69)86)19-22-57-38-55(43-84)68(89-57)24-21-52-25-31-74-32-26-53-39-60(74)54(35-52)40-62(77)61(74)45-90-91-46-65(48(53)2)82-73(78)80-56-14-8-13-50(36-56)18-17-49-11-4-3-5-12-49/h3-5,11-12,20,23,26-27,32-33,37-38,41,47-48,50,52-54,56,59-63,65,67,70-71,79,81,83-87H,6-10,13-19,21-22,24-25,28-31,34-36,39-40,42-46,77H2,1-2H3,(H3,78,80,82)/t47-,48+,50+,52+,53+,54+,56-,59+,60-,61-,62+,63+,65+,67-,70+,71+,74-,76+/m0/s1. The third-order valence-corrected chi connectivity index (χ3v) is 27.7. The highest BCUT2D eigenvalue weighted by Gasteiger charge is 2.65. The first-order valence-electron chi connectivity index (χ1n) is 35.9. The first-order chi connectivity index (χ1) is 44.3. The van der Waals surface area contributed by atoms with Gasteiger partial charge in [-0.3, -0.25) is 0 Å². The number of furan rings is 1. The van der Waals surface area contributed by atoms with E-state index in [9.17, 15) is 25.5 Å². The van der Waals surface area contributed by atoms with E-state index in [4.69, 9.17) is 25.6 Å². The number of aliphatic imine (C=N–C) groups is 1. The lowest BCUT2D eigenvalue weighted by Crippen LogP contribution is -2.55. The third kappa shape index (κ3) is 13.6. The van der Waals surface area contributed by atoms with Gasteiger partial charge >= 0.3 is 0 Å². The van der Waals surface area contributed by atoms with Gasteiger partial charge in [-0.25, -0.2) is 4.99 Å². The molecule has 9 aliphatic carbocycles. The molecule has 0 unspecified atom stereocenters. The number of nitrogens with zero attached hydrogens (tertiary/aromatic N) is 1. The van der Waals surface area contributed by atoms with E-state index in [0.29, 0.717) is 90.9 Å². The molecule has 5 saturated carbocycles. The maximum absolute atomic E-state index is 12.0. The SMILES string of the molecule is C[C@@H]1[C@@H]2C=C[C@]34CC[C@@H](CCc5oc(CCc6ccc(O)c(OC[C@H](O)c7cc8c([nH]7)[C@H]7C=C[C@@]9(CCC[C@@H]9C79CCCC9)[C@H]8[C@@H](CCCO)NC[C@H](C)O)c6)cc5CO)C[C@H](C[C@@H](N)[C@@H]3CSSC[C@H]1N=C(N)N[C@H]1CCC[C@H](CCc3ccccc3)C1)[C@@H]4C2. The fourth-order valence-corrected chi connectivity index (χ4v) is 23.7. The van der Waals surface area contributed by atoms with Crippen molar-refractivity contribution < 1.29 is 34.7 Å². The van der Waals surface area contributed by atoms with E-state index in [-0.39, 0.29) is 71.8 Å². The molecule has 4 heterocycles. The van der Waals surface area contributed by atoms with Gasteiger partial charge in [0.2, 0.25) is 0 Å². The van der Waals surface area contributed by atoms with Crippen molar-refractivity contribution in [2.24, 2.45) is 80.0 Å². The van der Waals surface area contributed by atoms with Crippen molar-refractivity contribution in [2.45, 2.75) is 223 Å². The van der Waals surface area contributed by atoms with Gasteiger partial charge in [0.05, 0.1) is 18.8 Å². The van der Waals surface area contributed by atoms with Gasteiger partial charge in [-0.2, -0.15) is 0 Å². The fourth-order valence-electron chi connectivity index (χ4n) is 20.8. The van der Waals surface area contributed by atoms with Crippen LogP contribution in [0.3, 0.4) is 0 Å². The number of hydrogen-bond donors (Lipinski definition) is 10. The summed E-state index contributed by atoms with van der Waals surface area (Å²) >= 11 is 0. The summed E-state index contributed by atoms with van der Waals surface area (Å²) in [7, 11) is 4.00. The van der Waals surface area contributed by atoms with Crippen LogP contribution in [0.1, 0.15) is 205 Å². The van der Waals surface area contributed by atoms with E-state index >= 15 is 0 Å². The van der Waals surface area contributed by atoms with Crippen LogP contribution in [0.4, 0.5) is 0 Å². The predicted octanol–water partition coefficient (Wildman–Crippen LogP) is 13.3. The van der Waals surface area contributed by atoms with Crippen molar-refractivity contribution in [1.29, 1.82) is 0 Å². The number of aliphatic hydroxyl groups is 4. The van der Waals surface area contributed by atoms with Gasteiger partial charge in [0.25, 0.3) is 0 Å². The highest BCUT2D eigenvalue weighted by atomic mass is 33.1. The number of aromatic hydroxyl groups is 1. The Hall–Kier alpha value is -4.19. The number of phenolic OH excluding ortho intramolecular Hbond substituents is 1. The molecule has 91 heavy (non-hydrogen) atoms. The van der Waals surface area contributed by atoms with Gasteiger partial charge in [-0.1, -0.05) is 121 Å². The Kier molecular flexibility index (Phi) is 20.6. The molecule has 4 aromatic rings. The number of rotatable bonds is 23. The third-order valence-electron chi connectivity index (χ3n) is 25.2. The smallest absolute Gasteiger partial charge is 0.189 e. The van der Waals surface area contributed by atoms with Gasteiger partial charge in [-0.15, -0.1) is 0 Å². The van der Waals surface area contributed by atoms with Gasteiger partial charge in [0, 0.05) is 89.8 Å². The summed E-state index contributed by atoms with van der Waals surface area (Å²) in [5, 5.41) is 62.1. The van der Waals surface area contributed by atoms with Gasteiger partial charge in [0.1, 0.15) is 24.2 Å². The number of fused-ring (bicyclic) bond motifs is 5. The second-order valence-corrected chi connectivity index (χ2v) is 33.0. The summed E-state index contributed by atoms with van der Waals surface area (Å²) in [5.41, 5.74) is 20.9. The molecule has 0 amide bonds. The molecule has 3 spiro atoms. The number of aliphatic hydroxyl groups excluding tert-OH is 4. The van der Waals surface area contributed by atoms with Crippen molar-refractivity contribution in [1.82, 2.24) is 15.6 Å². The van der Waals surface area contributed by atoms with E-state index in [1.54, 1.807) is 6.07 Å². The lowest BCUT2D eigenvalue weighted by molar-refractivity contribution is -0.00497. The Morgan fingerprint density at radius 1 is 0.824 bits per heavy atom. The highest BCUT2D eigenvalue weighted by molar-refractivity contribution is 8.76. The maximum Gasteiger partial charge on any atom is 0.189 e. The summed E-state index contributed by atoms with van der Waals surface area (Å²) in [6, 6.07) is 21.4. The van der Waals surface area contributed by atoms with E-state index < -0.39 is 12.2 Å². The number of aromatic nitrogens is 1. The maximum atomic E-state index is 12.0. The molecule has 2 aromatic heterocycles. The normalized spacial score (nSPS) is 34.2. The van der Waals surface area contributed by atoms with Gasteiger partial charge < -0.3 is 61.8 Å². The molecule has 1 saturated heterocycles. The second-order valence-electron chi connectivity index (χ2n) is 30.4. The van der Waals surface area contributed by atoms with Crippen LogP contribution in [0.5, 0.6) is 11.5 Å². The Balaban J connectivity index is 0.634. The molecule has 2 aromatic carbocycles. The second kappa shape index (κ2) is 28.6. The van der Waals surface area contributed by atoms with Crippen LogP contribution < -0.4 is 26.8 Å². The summed E-state index contributed by atoms with van der Waals surface area (Å²) in [6.45, 7) is 4.76. The average Bonchev–Trinajstić information content (AvgIpc) is 1.54. The molecule has 15 rings (SSSR count). The minimum absolute atomic E-state index is 0.0241.